The molecule has 1 aromatic rings. The van der Waals surface area contributed by atoms with Crippen LogP contribution in [0.3, 0.4) is 0 Å². The quantitative estimate of drug-likeness (QED) is 0.695. The van der Waals surface area contributed by atoms with Crippen molar-refractivity contribution in [2.24, 2.45) is 5.73 Å². The minimum Gasteiger partial charge on any atom is -0.480 e. The highest BCUT2D eigenvalue weighted by Crippen LogP contribution is 2.24. The van der Waals surface area contributed by atoms with Gasteiger partial charge >= 0.3 is 5.97 Å². The van der Waals surface area contributed by atoms with Crippen molar-refractivity contribution >= 4 is 30.2 Å². The largest absolute Gasteiger partial charge is 0.480 e. The molecule has 0 saturated heterocycles. The van der Waals surface area contributed by atoms with Crippen LogP contribution in [-0.4, -0.2) is 17.1 Å². The number of thiol groups is 1. The molecule has 0 spiro atoms. The first-order chi connectivity index (χ1) is 6.52. The predicted octanol–water partition coefficient (Wildman–Crippen LogP) is 1.72. The van der Waals surface area contributed by atoms with Gasteiger partial charge in [0.1, 0.15) is 6.04 Å². The van der Waals surface area contributed by atoms with Gasteiger partial charge in [-0.3, -0.25) is 4.79 Å². The summed E-state index contributed by atoms with van der Waals surface area (Å²) in [6.07, 6.45) is 0. The fraction of sp³-hybridized carbons (Fsp3) is 0.222. The first-order valence-corrected chi connectivity index (χ1v) is 4.83. The lowest BCUT2D eigenvalue weighted by Gasteiger charge is -2.15. The Balaban J connectivity index is 2.84. The third-order valence-electron chi connectivity index (χ3n) is 1.84. The summed E-state index contributed by atoms with van der Waals surface area (Å²) in [7, 11) is 0. The lowest BCUT2D eigenvalue weighted by molar-refractivity contribution is -0.138. The Labute approximate surface area is 92.3 Å². The Bertz CT molecular complexity index is 328. The van der Waals surface area contributed by atoms with Gasteiger partial charge in [0.05, 0.1) is 5.25 Å². The van der Waals surface area contributed by atoms with Crippen LogP contribution in [0, 0.1) is 0 Å². The van der Waals surface area contributed by atoms with E-state index in [1.54, 1.807) is 24.3 Å². The maximum atomic E-state index is 10.6. The second kappa shape index (κ2) is 4.68. The Morgan fingerprint density at radius 1 is 1.43 bits per heavy atom. The van der Waals surface area contributed by atoms with Crippen LogP contribution in [0.4, 0.5) is 0 Å². The zero-order chi connectivity index (χ0) is 10.7. The van der Waals surface area contributed by atoms with E-state index in [0.717, 1.165) is 5.56 Å². The van der Waals surface area contributed by atoms with Crippen molar-refractivity contribution in [2.75, 3.05) is 0 Å². The molecule has 3 N–H and O–H groups in total. The van der Waals surface area contributed by atoms with E-state index in [2.05, 4.69) is 12.6 Å². The van der Waals surface area contributed by atoms with E-state index in [4.69, 9.17) is 22.4 Å². The zero-order valence-electron chi connectivity index (χ0n) is 7.22. The summed E-state index contributed by atoms with van der Waals surface area (Å²) in [5.74, 6) is -1.07. The molecule has 0 fully saturated rings. The minimum absolute atomic E-state index is 0.523. The van der Waals surface area contributed by atoms with Crippen LogP contribution in [0.1, 0.15) is 10.8 Å². The van der Waals surface area contributed by atoms with Crippen LogP contribution in [0.5, 0.6) is 0 Å². The number of carboxylic acids is 1. The summed E-state index contributed by atoms with van der Waals surface area (Å²) in [5, 5.41) is 8.74. The van der Waals surface area contributed by atoms with Gasteiger partial charge in [0.25, 0.3) is 0 Å². The molecule has 0 heterocycles. The summed E-state index contributed by atoms with van der Waals surface area (Å²) in [6, 6.07) is 5.76. The average molecular weight is 232 g/mol. The third kappa shape index (κ3) is 2.64. The van der Waals surface area contributed by atoms with Gasteiger partial charge in [0, 0.05) is 5.02 Å². The lowest BCUT2D eigenvalue weighted by atomic mass is 10.1. The van der Waals surface area contributed by atoms with Gasteiger partial charge in [0.2, 0.25) is 0 Å². The molecule has 0 aliphatic carbocycles. The summed E-state index contributed by atoms with van der Waals surface area (Å²) < 4.78 is 0. The number of halogens is 1. The molecule has 14 heavy (non-hydrogen) atoms. The number of hydrogen-bond acceptors (Lipinski definition) is 3. The van der Waals surface area contributed by atoms with Crippen molar-refractivity contribution in [3.8, 4) is 0 Å². The van der Waals surface area contributed by atoms with Gasteiger partial charge in [-0.2, -0.15) is 12.6 Å². The fourth-order valence-corrected chi connectivity index (χ4v) is 1.43. The van der Waals surface area contributed by atoms with E-state index < -0.39 is 17.3 Å². The van der Waals surface area contributed by atoms with Gasteiger partial charge in [-0.1, -0.05) is 23.7 Å². The summed E-state index contributed by atoms with van der Waals surface area (Å²) >= 11 is 9.83. The molecule has 0 unspecified atom stereocenters. The van der Waals surface area contributed by atoms with E-state index in [-0.39, 0.29) is 0 Å². The first-order valence-electron chi connectivity index (χ1n) is 3.94. The van der Waals surface area contributed by atoms with E-state index in [1.807, 2.05) is 0 Å². The molecule has 76 valence electrons. The van der Waals surface area contributed by atoms with Gasteiger partial charge < -0.3 is 10.8 Å². The topological polar surface area (TPSA) is 63.3 Å². The number of rotatable bonds is 3. The number of benzene rings is 1. The van der Waals surface area contributed by atoms with E-state index in [1.165, 1.54) is 0 Å². The van der Waals surface area contributed by atoms with Gasteiger partial charge in [-0.15, -0.1) is 0 Å². The fourth-order valence-electron chi connectivity index (χ4n) is 1.00. The molecule has 0 amide bonds. The van der Waals surface area contributed by atoms with Crippen LogP contribution in [0.2, 0.25) is 5.02 Å². The van der Waals surface area contributed by atoms with Crippen molar-refractivity contribution in [3.05, 3.63) is 34.9 Å². The molecular formula is C9H10ClNO2S. The van der Waals surface area contributed by atoms with Crippen molar-refractivity contribution in [3.63, 3.8) is 0 Å². The summed E-state index contributed by atoms with van der Waals surface area (Å²) in [5.41, 5.74) is 6.16. The number of aliphatic carboxylic acids is 1. The number of hydrogen-bond donors (Lipinski definition) is 3. The number of carbonyl (C=O) groups is 1. The second-order valence-corrected chi connectivity index (χ2v) is 3.85. The molecule has 5 heteroatoms. The summed E-state index contributed by atoms with van der Waals surface area (Å²) in [4.78, 5) is 10.6. The van der Waals surface area contributed by atoms with Crippen LogP contribution < -0.4 is 5.73 Å². The van der Waals surface area contributed by atoms with Crippen LogP contribution in [-0.2, 0) is 4.79 Å². The third-order valence-corrected chi connectivity index (χ3v) is 2.71. The van der Waals surface area contributed by atoms with Gasteiger partial charge in [0.15, 0.2) is 0 Å². The maximum absolute atomic E-state index is 10.6. The first kappa shape index (κ1) is 11.4. The van der Waals surface area contributed by atoms with Crippen molar-refractivity contribution in [1.29, 1.82) is 0 Å². The van der Waals surface area contributed by atoms with Gasteiger partial charge in [-0.25, -0.2) is 0 Å². The van der Waals surface area contributed by atoms with E-state index >= 15 is 0 Å². The molecule has 2 atom stereocenters. The molecule has 0 aliphatic heterocycles. The standard InChI is InChI=1S/C9H10ClNO2S/c10-6-3-1-5(2-4-6)8(14)7(11)9(12)13/h1-4,7-8,14H,11H2,(H,12,13)/t7-,8+/m0/s1. The number of nitrogens with two attached hydrogens (primary N) is 1. The summed E-state index contributed by atoms with van der Waals surface area (Å²) in [6.45, 7) is 0. The minimum atomic E-state index is -1.07. The molecule has 0 bridgehead atoms. The van der Waals surface area contributed by atoms with E-state index in [9.17, 15) is 4.79 Å². The van der Waals surface area contributed by atoms with Crippen molar-refractivity contribution in [2.45, 2.75) is 11.3 Å². The molecule has 0 saturated carbocycles. The normalized spacial score (nSPS) is 14.8. The Hall–Kier alpha value is -0.710. The van der Waals surface area contributed by atoms with E-state index in [0.29, 0.717) is 5.02 Å². The zero-order valence-corrected chi connectivity index (χ0v) is 8.87. The SMILES string of the molecule is N[C@H](C(=O)O)[C@H](S)c1ccc(Cl)cc1. The maximum Gasteiger partial charge on any atom is 0.321 e. The predicted molar refractivity (Wildman–Crippen MR) is 58.8 cm³/mol. The molecule has 0 aliphatic rings. The Kier molecular flexibility index (Phi) is 3.80. The molecule has 0 radical (unpaired) electrons. The smallest absolute Gasteiger partial charge is 0.321 e. The second-order valence-electron chi connectivity index (χ2n) is 2.86. The van der Waals surface area contributed by atoms with Crippen LogP contribution in [0.25, 0.3) is 0 Å². The van der Waals surface area contributed by atoms with Crippen molar-refractivity contribution in [1.82, 2.24) is 0 Å². The molecule has 1 rings (SSSR count). The molecule has 3 nitrogen and oxygen atoms in total. The average Bonchev–Trinajstić information content (AvgIpc) is 2.16. The van der Waals surface area contributed by atoms with Crippen LogP contribution >= 0.6 is 24.2 Å². The monoisotopic (exact) mass is 231 g/mol. The van der Waals surface area contributed by atoms with Crippen LogP contribution in [0.15, 0.2) is 24.3 Å². The Morgan fingerprint density at radius 2 is 1.93 bits per heavy atom. The van der Waals surface area contributed by atoms with Gasteiger partial charge in [-0.05, 0) is 17.7 Å². The highest BCUT2D eigenvalue weighted by atomic mass is 35.5. The Morgan fingerprint density at radius 3 is 2.36 bits per heavy atom. The highest BCUT2D eigenvalue weighted by molar-refractivity contribution is 7.80. The molecule has 0 aromatic heterocycles. The highest BCUT2D eigenvalue weighted by Gasteiger charge is 2.22. The van der Waals surface area contributed by atoms with Crippen molar-refractivity contribution < 1.29 is 9.90 Å². The molecule has 1 aromatic carbocycles. The lowest BCUT2D eigenvalue weighted by Crippen LogP contribution is -2.34. The number of carboxylic acid groups (broad SMARTS) is 1. The molecular weight excluding hydrogens is 222 g/mol.